The second kappa shape index (κ2) is 5.19. The summed E-state index contributed by atoms with van der Waals surface area (Å²) >= 11 is 0. The average Bonchev–Trinajstić information content (AvgIpc) is 2.60. The molecular formula is C14H25N3. The molecule has 1 aliphatic carbocycles. The molecule has 0 bridgehead atoms. The second-order valence-electron chi connectivity index (χ2n) is 5.91. The molecule has 0 aliphatic heterocycles. The molecule has 1 aromatic rings. The van der Waals surface area contributed by atoms with Crippen LogP contribution in [-0.4, -0.2) is 15.0 Å². The highest BCUT2D eigenvalue weighted by Crippen LogP contribution is 2.34. The van der Waals surface area contributed by atoms with E-state index in [1.54, 1.807) is 0 Å². The summed E-state index contributed by atoms with van der Waals surface area (Å²) in [6.45, 7) is 9.01. The van der Waals surface area contributed by atoms with Gasteiger partial charge < -0.3 is 0 Å². The van der Waals surface area contributed by atoms with Crippen molar-refractivity contribution >= 4 is 0 Å². The summed E-state index contributed by atoms with van der Waals surface area (Å²) in [7, 11) is 0. The van der Waals surface area contributed by atoms with Crippen molar-refractivity contribution in [3.63, 3.8) is 0 Å². The lowest BCUT2D eigenvalue weighted by Crippen LogP contribution is -2.15. The Bertz CT molecular complexity index is 366. The minimum Gasteiger partial charge on any atom is -0.247 e. The number of nitrogens with zero attached hydrogens (tertiary/aromatic N) is 3. The minimum atomic E-state index is 0.429. The van der Waals surface area contributed by atoms with Crippen molar-refractivity contribution in [3.05, 3.63) is 11.4 Å². The smallest absolute Gasteiger partial charge is 0.0892 e. The normalized spacial score (nSPS) is 21.4. The third-order valence-corrected chi connectivity index (χ3v) is 3.89. The molecule has 1 unspecified atom stereocenters. The first-order chi connectivity index (χ1) is 8.11. The van der Waals surface area contributed by atoms with Gasteiger partial charge in [-0.1, -0.05) is 31.9 Å². The predicted octanol–water partition coefficient (Wildman–Crippen LogP) is 3.72. The summed E-state index contributed by atoms with van der Waals surface area (Å²) in [6, 6.07) is 0.429. The van der Waals surface area contributed by atoms with Gasteiger partial charge in [-0.3, -0.25) is 0 Å². The number of fused-ring (bicyclic) bond motifs is 1. The Kier molecular flexibility index (Phi) is 3.85. The molecule has 2 rings (SSSR count). The van der Waals surface area contributed by atoms with Crippen LogP contribution in [0.1, 0.15) is 76.7 Å². The monoisotopic (exact) mass is 235 g/mol. The Morgan fingerprint density at radius 3 is 2.53 bits per heavy atom. The summed E-state index contributed by atoms with van der Waals surface area (Å²) in [5, 5.41) is 8.88. The molecule has 1 aromatic heterocycles. The molecule has 0 fully saturated rings. The third-order valence-electron chi connectivity index (χ3n) is 3.89. The molecule has 96 valence electrons. The topological polar surface area (TPSA) is 30.7 Å². The van der Waals surface area contributed by atoms with Gasteiger partial charge in [0.15, 0.2) is 0 Å². The van der Waals surface area contributed by atoms with E-state index in [9.17, 15) is 0 Å². The number of aromatic nitrogens is 3. The van der Waals surface area contributed by atoms with E-state index in [0.717, 1.165) is 6.42 Å². The van der Waals surface area contributed by atoms with Crippen LogP contribution < -0.4 is 0 Å². The van der Waals surface area contributed by atoms with Gasteiger partial charge in [-0.15, -0.1) is 5.10 Å². The predicted molar refractivity (Wildman–Crippen MR) is 70.2 cm³/mol. The van der Waals surface area contributed by atoms with Gasteiger partial charge in [0.1, 0.15) is 0 Å². The van der Waals surface area contributed by atoms with Crippen LogP contribution in [-0.2, 0) is 6.42 Å². The lowest BCUT2D eigenvalue weighted by atomic mass is 9.84. The van der Waals surface area contributed by atoms with E-state index in [1.165, 1.54) is 37.1 Å². The average molecular weight is 235 g/mol. The van der Waals surface area contributed by atoms with Crippen molar-refractivity contribution in [1.29, 1.82) is 0 Å². The Hall–Kier alpha value is -0.860. The lowest BCUT2D eigenvalue weighted by molar-refractivity contribution is 0.419. The number of hydrogen-bond acceptors (Lipinski definition) is 2. The van der Waals surface area contributed by atoms with Crippen LogP contribution in [0.2, 0.25) is 0 Å². The highest BCUT2D eigenvalue weighted by molar-refractivity contribution is 5.17. The first-order valence-electron chi connectivity index (χ1n) is 7.05. The number of rotatable bonds is 2. The maximum absolute atomic E-state index is 4.50. The van der Waals surface area contributed by atoms with E-state index >= 15 is 0 Å². The fourth-order valence-electron chi connectivity index (χ4n) is 2.89. The van der Waals surface area contributed by atoms with Crippen molar-refractivity contribution in [1.82, 2.24) is 15.0 Å². The molecule has 1 heterocycles. The Labute approximate surface area is 105 Å². The summed E-state index contributed by atoms with van der Waals surface area (Å²) < 4.78 is 2.13. The Morgan fingerprint density at radius 1 is 1.12 bits per heavy atom. The molecule has 0 saturated heterocycles. The summed E-state index contributed by atoms with van der Waals surface area (Å²) in [5.74, 6) is 1.28. The lowest BCUT2D eigenvalue weighted by Gasteiger charge is -2.23. The van der Waals surface area contributed by atoms with Crippen LogP contribution in [0.3, 0.4) is 0 Å². The maximum atomic E-state index is 4.50. The summed E-state index contributed by atoms with van der Waals surface area (Å²) in [6.07, 6.45) is 6.42. The zero-order chi connectivity index (χ0) is 12.4. The molecule has 3 nitrogen and oxygen atoms in total. The molecule has 1 aliphatic rings. The van der Waals surface area contributed by atoms with Gasteiger partial charge in [-0.2, -0.15) is 0 Å². The molecular weight excluding hydrogens is 210 g/mol. The molecule has 0 amide bonds. The van der Waals surface area contributed by atoms with Crippen LogP contribution in [0.5, 0.6) is 0 Å². The van der Waals surface area contributed by atoms with E-state index in [0.29, 0.717) is 17.9 Å². The fraction of sp³-hybridized carbons (Fsp3) is 0.857. The molecule has 0 radical (unpaired) electrons. The third kappa shape index (κ3) is 2.53. The van der Waals surface area contributed by atoms with Crippen LogP contribution in [0.25, 0.3) is 0 Å². The molecule has 0 spiro atoms. The molecule has 0 aromatic carbocycles. The molecule has 3 heteroatoms. The SMILES string of the molecule is CC(C)C1CCCCCc2c1nnn2C(C)C. The molecule has 1 atom stereocenters. The fourth-order valence-corrected chi connectivity index (χ4v) is 2.89. The van der Waals surface area contributed by atoms with E-state index in [-0.39, 0.29) is 0 Å². The standard InChI is InChI=1S/C14H25N3/c1-10(2)12-8-6-5-7-9-13-14(12)15-16-17(13)11(3)4/h10-12H,5-9H2,1-4H3. The molecule has 17 heavy (non-hydrogen) atoms. The second-order valence-corrected chi connectivity index (χ2v) is 5.91. The molecule has 0 saturated carbocycles. The van der Waals surface area contributed by atoms with Crippen LogP contribution in [0.4, 0.5) is 0 Å². The van der Waals surface area contributed by atoms with Gasteiger partial charge in [0.2, 0.25) is 0 Å². The van der Waals surface area contributed by atoms with Crippen molar-refractivity contribution in [2.45, 2.75) is 71.8 Å². The van der Waals surface area contributed by atoms with E-state index in [4.69, 9.17) is 0 Å². The van der Waals surface area contributed by atoms with Crippen molar-refractivity contribution in [3.8, 4) is 0 Å². The highest BCUT2D eigenvalue weighted by atomic mass is 15.4. The Balaban J connectivity index is 2.39. The minimum absolute atomic E-state index is 0.429. The van der Waals surface area contributed by atoms with Crippen molar-refractivity contribution in [2.24, 2.45) is 5.92 Å². The van der Waals surface area contributed by atoms with E-state index < -0.39 is 0 Å². The van der Waals surface area contributed by atoms with Crippen molar-refractivity contribution < 1.29 is 0 Å². The van der Waals surface area contributed by atoms with Crippen LogP contribution >= 0.6 is 0 Å². The van der Waals surface area contributed by atoms with Gasteiger partial charge in [-0.25, -0.2) is 4.68 Å². The summed E-state index contributed by atoms with van der Waals surface area (Å²) in [4.78, 5) is 0. The van der Waals surface area contributed by atoms with Crippen molar-refractivity contribution in [2.75, 3.05) is 0 Å². The van der Waals surface area contributed by atoms with Gasteiger partial charge in [-0.05, 0) is 39.0 Å². The number of hydrogen-bond donors (Lipinski definition) is 0. The zero-order valence-corrected chi connectivity index (χ0v) is 11.6. The van der Waals surface area contributed by atoms with Crippen LogP contribution in [0, 0.1) is 5.92 Å². The quantitative estimate of drug-likeness (QED) is 0.782. The largest absolute Gasteiger partial charge is 0.247 e. The maximum Gasteiger partial charge on any atom is 0.0892 e. The first-order valence-corrected chi connectivity index (χ1v) is 7.05. The zero-order valence-electron chi connectivity index (χ0n) is 11.6. The Morgan fingerprint density at radius 2 is 1.88 bits per heavy atom. The molecule has 0 N–H and O–H groups in total. The van der Waals surface area contributed by atoms with Crippen LogP contribution in [0.15, 0.2) is 0 Å². The van der Waals surface area contributed by atoms with Gasteiger partial charge >= 0.3 is 0 Å². The summed E-state index contributed by atoms with van der Waals surface area (Å²) in [5.41, 5.74) is 2.69. The van der Waals surface area contributed by atoms with E-state index in [1.807, 2.05) is 0 Å². The first kappa shape index (κ1) is 12.6. The van der Waals surface area contributed by atoms with E-state index in [2.05, 4.69) is 42.7 Å². The van der Waals surface area contributed by atoms with Gasteiger partial charge in [0.25, 0.3) is 0 Å². The highest BCUT2D eigenvalue weighted by Gasteiger charge is 2.26. The van der Waals surface area contributed by atoms with Gasteiger partial charge in [0.05, 0.1) is 11.4 Å². The van der Waals surface area contributed by atoms with Gasteiger partial charge in [0, 0.05) is 12.0 Å².